The van der Waals surface area contributed by atoms with Gasteiger partial charge in [0.05, 0.1) is 6.54 Å². The van der Waals surface area contributed by atoms with E-state index in [2.05, 4.69) is 39.4 Å². The second-order valence-corrected chi connectivity index (χ2v) is 7.61. The van der Waals surface area contributed by atoms with Gasteiger partial charge in [0.1, 0.15) is 5.01 Å². The van der Waals surface area contributed by atoms with Gasteiger partial charge in [-0.2, -0.15) is 13.2 Å². The lowest BCUT2D eigenvalue weighted by molar-refractivity contribution is -0.140. The predicted molar refractivity (Wildman–Crippen MR) is 110 cm³/mol. The highest BCUT2D eigenvalue weighted by atomic mass is 127. The molecule has 5 nitrogen and oxygen atoms in total. The quantitative estimate of drug-likeness (QED) is 0.365. The van der Waals surface area contributed by atoms with Crippen molar-refractivity contribution in [3.8, 4) is 0 Å². The SMILES string of the molecule is CN=C(NCc1nc(C(F)(F)F)cs1)NC1CCN(CC(C)C)CC1.I. The Morgan fingerprint density at radius 2 is 2.04 bits per heavy atom. The molecule has 2 N–H and O–H groups in total. The van der Waals surface area contributed by atoms with E-state index in [1.165, 1.54) is 0 Å². The number of nitrogens with zero attached hydrogens (tertiary/aromatic N) is 3. The smallest absolute Gasteiger partial charge is 0.354 e. The van der Waals surface area contributed by atoms with Gasteiger partial charge in [0.15, 0.2) is 11.7 Å². The molecule has 0 spiro atoms. The van der Waals surface area contributed by atoms with Gasteiger partial charge < -0.3 is 15.5 Å². The number of hydrogen-bond acceptors (Lipinski definition) is 4. The highest BCUT2D eigenvalue weighted by molar-refractivity contribution is 14.0. The van der Waals surface area contributed by atoms with Crippen molar-refractivity contribution >= 4 is 41.3 Å². The summed E-state index contributed by atoms with van der Waals surface area (Å²) in [5.41, 5.74) is -0.838. The normalized spacial score (nSPS) is 17.3. The summed E-state index contributed by atoms with van der Waals surface area (Å²) in [4.78, 5) is 10.2. The molecule has 0 unspecified atom stereocenters. The van der Waals surface area contributed by atoms with E-state index in [0.717, 1.165) is 49.2 Å². The van der Waals surface area contributed by atoms with Crippen LogP contribution in [0.15, 0.2) is 10.4 Å². The number of halogens is 4. The third kappa shape index (κ3) is 7.55. The molecule has 1 aliphatic heterocycles. The van der Waals surface area contributed by atoms with Gasteiger partial charge >= 0.3 is 6.18 Å². The van der Waals surface area contributed by atoms with Gasteiger partial charge in [0.25, 0.3) is 0 Å². The zero-order valence-electron chi connectivity index (χ0n) is 15.3. The Bertz CT molecular complexity index is 568. The van der Waals surface area contributed by atoms with Crippen LogP contribution in [-0.4, -0.2) is 48.6 Å². The summed E-state index contributed by atoms with van der Waals surface area (Å²) in [6.45, 7) is 7.89. The zero-order valence-corrected chi connectivity index (χ0v) is 18.4. The zero-order chi connectivity index (χ0) is 18.4. The highest BCUT2D eigenvalue weighted by Crippen LogP contribution is 2.29. The van der Waals surface area contributed by atoms with Crippen molar-refractivity contribution in [1.82, 2.24) is 20.5 Å². The first-order valence-electron chi connectivity index (χ1n) is 8.49. The van der Waals surface area contributed by atoms with E-state index in [-0.39, 0.29) is 30.5 Å². The fraction of sp³-hybridized carbons (Fsp3) is 0.750. The van der Waals surface area contributed by atoms with Crippen molar-refractivity contribution in [3.05, 3.63) is 16.1 Å². The van der Waals surface area contributed by atoms with E-state index in [4.69, 9.17) is 0 Å². The molecule has 1 fully saturated rings. The van der Waals surface area contributed by atoms with E-state index in [0.29, 0.717) is 22.9 Å². The second kappa shape index (κ2) is 10.6. The Labute approximate surface area is 173 Å². The number of likely N-dealkylation sites (tertiary alicyclic amines) is 1. The topological polar surface area (TPSA) is 52.6 Å². The van der Waals surface area contributed by atoms with Gasteiger partial charge in [-0.25, -0.2) is 4.98 Å². The molecule has 2 rings (SSSR count). The van der Waals surface area contributed by atoms with Crippen LogP contribution in [-0.2, 0) is 12.7 Å². The Kier molecular flexibility index (Phi) is 9.59. The molecule has 0 saturated carbocycles. The Hall–Kier alpha value is -0.620. The summed E-state index contributed by atoms with van der Waals surface area (Å²) in [6, 6.07) is 0.330. The highest BCUT2D eigenvalue weighted by Gasteiger charge is 2.33. The Balaban J connectivity index is 0.00000338. The number of thiazole rings is 1. The van der Waals surface area contributed by atoms with E-state index in [1.807, 2.05) is 0 Å². The largest absolute Gasteiger partial charge is 0.434 e. The molecule has 10 heteroatoms. The van der Waals surface area contributed by atoms with Gasteiger partial charge in [0, 0.05) is 38.1 Å². The van der Waals surface area contributed by atoms with Crippen LogP contribution in [0.25, 0.3) is 0 Å². The van der Waals surface area contributed by atoms with Gasteiger partial charge in [-0.3, -0.25) is 4.99 Å². The molecular formula is C16H27F3IN5S. The first-order chi connectivity index (χ1) is 11.8. The van der Waals surface area contributed by atoms with Crippen LogP contribution in [0.4, 0.5) is 13.2 Å². The molecule has 1 aliphatic rings. The molecule has 0 radical (unpaired) electrons. The lowest BCUT2D eigenvalue weighted by Gasteiger charge is -2.33. The molecule has 1 saturated heterocycles. The average molecular weight is 505 g/mol. The summed E-state index contributed by atoms with van der Waals surface area (Å²) in [6.07, 6.45) is -2.33. The fourth-order valence-corrected chi connectivity index (χ4v) is 3.59. The summed E-state index contributed by atoms with van der Waals surface area (Å²) >= 11 is 0.998. The average Bonchev–Trinajstić information content (AvgIpc) is 3.02. The second-order valence-electron chi connectivity index (χ2n) is 6.66. The number of nitrogens with one attached hydrogen (secondary N) is 2. The van der Waals surface area contributed by atoms with Gasteiger partial charge in [0.2, 0.25) is 0 Å². The molecule has 0 aliphatic carbocycles. The van der Waals surface area contributed by atoms with E-state index in [1.54, 1.807) is 7.05 Å². The minimum absolute atomic E-state index is 0. The minimum atomic E-state index is -4.39. The summed E-state index contributed by atoms with van der Waals surface area (Å²) in [7, 11) is 1.66. The summed E-state index contributed by atoms with van der Waals surface area (Å²) in [5, 5.41) is 7.83. The van der Waals surface area contributed by atoms with Gasteiger partial charge in [-0.05, 0) is 18.8 Å². The van der Waals surface area contributed by atoms with Crippen LogP contribution in [0.1, 0.15) is 37.4 Å². The minimum Gasteiger partial charge on any atom is -0.354 e. The van der Waals surface area contributed by atoms with Gasteiger partial charge in [-0.15, -0.1) is 35.3 Å². The Morgan fingerprint density at radius 3 is 2.54 bits per heavy atom. The number of aromatic nitrogens is 1. The lowest BCUT2D eigenvalue weighted by Crippen LogP contribution is -2.48. The number of guanidine groups is 1. The molecule has 0 aromatic carbocycles. The van der Waals surface area contributed by atoms with E-state index in [9.17, 15) is 13.2 Å². The molecule has 1 aromatic rings. The molecule has 0 atom stereocenters. The summed E-state index contributed by atoms with van der Waals surface area (Å²) < 4.78 is 37.7. The monoisotopic (exact) mass is 505 g/mol. The first-order valence-corrected chi connectivity index (χ1v) is 9.37. The molecule has 2 heterocycles. The van der Waals surface area contributed by atoms with E-state index >= 15 is 0 Å². The fourth-order valence-electron chi connectivity index (χ4n) is 2.85. The number of hydrogen-bond donors (Lipinski definition) is 2. The maximum atomic E-state index is 12.6. The predicted octanol–water partition coefficient (Wildman–Crippen LogP) is 3.57. The third-order valence-corrected chi connectivity index (χ3v) is 4.87. The third-order valence-electron chi connectivity index (χ3n) is 4.02. The van der Waals surface area contributed by atoms with Crippen molar-refractivity contribution in [3.63, 3.8) is 0 Å². The maximum Gasteiger partial charge on any atom is 0.434 e. The number of piperidine rings is 1. The van der Waals surface area contributed by atoms with Crippen molar-refractivity contribution in [1.29, 1.82) is 0 Å². The summed E-state index contributed by atoms with van der Waals surface area (Å²) in [5.74, 6) is 1.27. The van der Waals surface area contributed by atoms with Crippen LogP contribution < -0.4 is 10.6 Å². The van der Waals surface area contributed by atoms with Crippen molar-refractivity contribution in [2.45, 2.75) is 45.5 Å². The molecule has 150 valence electrons. The molecule has 1 aromatic heterocycles. The van der Waals surface area contributed by atoms with Gasteiger partial charge in [-0.1, -0.05) is 13.8 Å². The first kappa shape index (κ1) is 23.4. The number of aliphatic imine (C=N–C) groups is 1. The van der Waals surface area contributed by atoms with Crippen LogP contribution in [0.3, 0.4) is 0 Å². The van der Waals surface area contributed by atoms with Crippen LogP contribution in [0, 0.1) is 5.92 Å². The molecule has 0 bridgehead atoms. The van der Waals surface area contributed by atoms with E-state index < -0.39 is 11.9 Å². The molecular weight excluding hydrogens is 478 g/mol. The van der Waals surface area contributed by atoms with Crippen LogP contribution >= 0.6 is 35.3 Å². The Morgan fingerprint density at radius 1 is 1.38 bits per heavy atom. The standard InChI is InChI=1S/C16H26F3N5S.HI/c1-11(2)9-24-6-4-12(5-7-24)22-15(20-3)21-8-14-23-13(10-25-14)16(17,18)19;/h10-12H,4-9H2,1-3H3,(H2,20,21,22);1H. The van der Waals surface area contributed by atoms with Crippen molar-refractivity contribution in [2.75, 3.05) is 26.7 Å². The number of alkyl halides is 3. The lowest BCUT2D eigenvalue weighted by atomic mass is 10.0. The van der Waals surface area contributed by atoms with Crippen molar-refractivity contribution < 1.29 is 13.2 Å². The van der Waals surface area contributed by atoms with Crippen LogP contribution in [0.5, 0.6) is 0 Å². The molecule has 0 amide bonds. The molecule has 26 heavy (non-hydrogen) atoms. The number of rotatable bonds is 5. The maximum absolute atomic E-state index is 12.6. The van der Waals surface area contributed by atoms with Crippen molar-refractivity contribution in [2.24, 2.45) is 10.9 Å². The van der Waals surface area contributed by atoms with Crippen LogP contribution in [0.2, 0.25) is 0 Å².